The lowest BCUT2D eigenvalue weighted by Crippen LogP contribution is -2.48. The molecular weight excluding hydrogens is 504 g/mol. The second kappa shape index (κ2) is 14.4. The molecule has 1 saturated carbocycles. The van der Waals surface area contributed by atoms with E-state index in [1.165, 1.54) is 37.9 Å². The molecule has 2 aromatic rings. The summed E-state index contributed by atoms with van der Waals surface area (Å²) in [7, 11) is 1.61. The zero-order valence-corrected chi connectivity index (χ0v) is 23.7. The number of aromatic nitrogens is 1. The van der Waals surface area contributed by atoms with Crippen molar-refractivity contribution in [2.45, 2.75) is 69.9 Å². The minimum Gasteiger partial charge on any atom is -0.481 e. The number of amides is 1. The molecule has 6 nitrogen and oxygen atoms in total. The highest BCUT2D eigenvalue weighted by Crippen LogP contribution is 2.33. The molecule has 2 fully saturated rings. The second-order valence-electron chi connectivity index (χ2n) is 10.2. The Labute approximate surface area is 231 Å². The monoisotopic (exact) mass is 544 g/mol. The van der Waals surface area contributed by atoms with Gasteiger partial charge in [-0.25, -0.2) is 9.29 Å². The Bertz CT molecular complexity index is 975. The molecule has 1 saturated heterocycles. The fourth-order valence-corrected chi connectivity index (χ4v) is 6.79. The Kier molecular flexibility index (Phi) is 11.0. The predicted octanol–water partition coefficient (Wildman–Crippen LogP) is 5.66. The third-order valence-corrected chi connectivity index (χ3v) is 9.32. The minimum atomic E-state index is -0.0898. The average Bonchev–Trinajstić information content (AvgIpc) is 3.37. The Morgan fingerprint density at radius 1 is 1.22 bits per heavy atom. The van der Waals surface area contributed by atoms with E-state index in [2.05, 4.69) is 26.8 Å². The number of nitrogens with zero attached hydrogens (tertiary/aromatic N) is 2. The van der Waals surface area contributed by atoms with Crippen LogP contribution < -0.4 is 15.4 Å². The molecule has 1 amide bonds. The Morgan fingerprint density at radius 2 is 2.03 bits per heavy atom. The molecule has 1 aliphatic heterocycles. The number of pyridine rings is 1. The van der Waals surface area contributed by atoms with Crippen LogP contribution in [0.4, 0.5) is 0 Å². The summed E-state index contributed by atoms with van der Waals surface area (Å²) in [5, 5.41) is 7.69. The zero-order valence-electron chi connectivity index (χ0n) is 22.1. The fraction of sp³-hybridized carbons (Fsp3) is 0.586. The lowest BCUT2D eigenvalue weighted by molar-refractivity contribution is -0.122. The normalized spacial score (nSPS) is 23.1. The lowest BCUT2D eigenvalue weighted by atomic mass is 9.88. The highest BCUT2D eigenvalue weighted by atomic mass is 35.5. The predicted molar refractivity (Wildman–Crippen MR) is 153 cm³/mol. The maximum absolute atomic E-state index is 13.4. The van der Waals surface area contributed by atoms with Gasteiger partial charge in [0.15, 0.2) is 0 Å². The van der Waals surface area contributed by atoms with E-state index in [9.17, 15) is 4.79 Å². The summed E-state index contributed by atoms with van der Waals surface area (Å²) < 4.78 is 7.83. The van der Waals surface area contributed by atoms with E-state index in [4.69, 9.17) is 16.3 Å². The Hall–Kier alpha value is -1.80. The van der Waals surface area contributed by atoms with Crippen molar-refractivity contribution in [3.63, 3.8) is 0 Å². The van der Waals surface area contributed by atoms with Crippen molar-refractivity contribution in [3.05, 3.63) is 58.7 Å². The Morgan fingerprint density at radius 3 is 2.76 bits per heavy atom. The highest BCUT2D eigenvalue weighted by molar-refractivity contribution is 7.97. The average molecular weight is 545 g/mol. The molecular formula is C29H41ClN4O2S. The van der Waals surface area contributed by atoms with Gasteiger partial charge in [-0.15, -0.1) is 0 Å². The van der Waals surface area contributed by atoms with Gasteiger partial charge in [-0.1, -0.05) is 55.1 Å². The maximum atomic E-state index is 13.4. The molecule has 4 atom stereocenters. The van der Waals surface area contributed by atoms with Crippen LogP contribution in [-0.2, 0) is 4.79 Å². The summed E-state index contributed by atoms with van der Waals surface area (Å²) in [6.45, 7) is 5.51. The number of carbonyl (C=O) groups is 1. The molecule has 2 heterocycles. The second-order valence-corrected chi connectivity index (χ2v) is 11.8. The first-order chi connectivity index (χ1) is 18.1. The molecule has 0 radical (unpaired) electrons. The quantitative estimate of drug-likeness (QED) is 0.336. The van der Waals surface area contributed by atoms with Crippen LogP contribution in [0.5, 0.6) is 5.88 Å². The van der Waals surface area contributed by atoms with Crippen molar-refractivity contribution in [1.29, 1.82) is 0 Å². The number of carbonyl (C=O) groups excluding carboxylic acids is 1. The van der Waals surface area contributed by atoms with Crippen LogP contribution >= 0.6 is 23.5 Å². The smallest absolute Gasteiger partial charge is 0.221 e. The van der Waals surface area contributed by atoms with Gasteiger partial charge in [0.25, 0.3) is 0 Å². The van der Waals surface area contributed by atoms with Crippen molar-refractivity contribution in [3.8, 4) is 5.88 Å². The fourth-order valence-electron chi connectivity index (χ4n) is 5.64. The molecule has 1 aromatic heterocycles. The molecule has 1 aliphatic carbocycles. The molecule has 2 N–H and O–H groups in total. The first-order valence-electron chi connectivity index (χ1n) is 13.7. The molecule has 0 spiro atoms. The van der Waals surface area contributed by atoms with Gasteiger partial charge in [0.05, 0.1) is 7.11 Å². The van der Waals surface area contributed by atoms with Crippen LogP contribution in [0.2, 0.25) is 5.02 Å². The number of hydrogen-bond acceptors (Lipinski definition) is 6. The number of rotatable bonds is 12. The summed E-state index contributed by atoms with van der Waals surface area (Å²) in [6, 6.07) is 12.5. The van der Waals surface area contributed by atoms with E-state index in [1.807, 2.05) is 54.5 Å². The number of hydrogen-bond donors (Lipinski definition) is 2. The minimum absolute atomic E-state index is 0.0898. The Balaban J connectivity index is 1.37. The maximum Gasteiger partial charge on any atom is 0.221 e. The molecule has 37 heavy (non-hydrogen) atoms. The lowest BCUT2D eigenvalue weighted by Gasteiger charge is -2.36. The van der Waals surface area contributed by atoms with Crippen LogP contribution in [-0.4, -0.2) is 59.8 Å². The molecule has 0 bridgehead atoms. The number of halogens is 1. The number of piperazine rings is 1. The molecule has 8 heteroatoms. The largest absolute Gasteiger partial charge is 0.481 e. The third kappa shape index (κ3) is 8.09. The summed E-state index contributed by atoms with van der Waals surface area (Å²) in [5.41, 5.74) is 2.06. The van der Waals surface area contributed by atoms with Gasteiger partial charge in [-0.05, 0) is 61.3 Å². The molecule has 4 rings (SSSR count). The first-order valence-corrected chi connectivity index (χ1v) is 15.0. The van der Waals surface area contributed by atoms with E-state index in [0.717, 1.165) is 37.2 Å². The van der Waals surface area contributed by atoms with Crippen molar-refractivity contribution in [2.75, 3.05) is 32.5 Å². The number of benzene rings is 1. The van der Waals surface area contributed by atoms with Gasteiger partial charge >= 0.3 is 0 Å². The van der Waals surface area contributed by atoms with Gasteiger partial charge in [-0.3, -0.25) is 4.79 Å². The molecule has 3 unspecified atom stereocenters. The van der Waals surface area contributed by atoms with Gasteiger partial charge in [-0.2, -0.15) is 0 Å². The summed E-state index contributed by atoms with van der Waals surface area (Å²) in [6.07, 6.45) is 9.23. The van der Waals surface area contributed by atoms with E-state index < -0.39 is 0 Å². The number of methoxy groups -OCH3 is 1. The highest BCUT2D eigenvalue weighted by Gasteiger charge is 2.31. The van der Waals surface area contributed by atoms with Crippen LogP contribution in [0, 0.1) is 5.92 Å². The van der Waals surface area contributed by atoms with Crippen LogP contribution in [0.1, 0.15) is 68.9 Å². The van der Waals surface area contributed by atoms with Crippen molar-refractivity contribution >= 4 is 29.5 Å². The third-order valence-electron chi connectivity index (χ3n) is 7.67. The first kappa shape index (κ1) is 28.2. The van der Waals surface area contributed by atoms with Gasteiger partial charge < -0.3 is 15.4 Å². The van der Waals surface area contributed by atoms with E-state index in [-0.39, 0.29) is 17.9 Å². The van der Waals surface area contributed by atoms with Crippen molar-refractivity contribution in [2.24, 2.45) is 5.92 Å². The van der Waals surface area contributed by atoms with Crippen LogP contribution in [0.25, 0.3) is 0 Å². The van der Waals surface area contributed by atoms with Gasteiger partial charge in [0.1, 0.15) is 0 Å². The summed E-state index contributed by atoms with van der Waals surface area (Å²) >= 11 is 8.15. The van der Waals surface area contributed by atoms with E-state index >= 15 is 0 Å². The van der Waals surface area contributed by atoms with Crippen LogP contribution in [0.15, 0.2) is 42.6 Å². The number of ether oxygens (including phenoxy) is 1. The topological polar surface area (TPSA) is 66.5 Å². The summed E-state index contributed by atoms with van der Waals surface area (Å²) in [5.74, 6) is 2.33. The SMILES string of the molecule is CCCSN1CCNCC1CC[C@H]1CCCC1NC(=O)CC(c1ccc(Cl)cc1)c1ccc(OC)nc1. The standard InChI is InChI=1S/C29H41ClN4O2S/c1-3-17-37-34-16-15-31-20-25(34)13-9-22-5-4-6-27(22)33-28(35)18-26(21-7-11-24(30)12-8-21)23-10-14-29(36-2)32-19-23/h7-8,10-12,14,19,22,25-27,31H,3-6,9,13,15-18,20H2,1-2H3,(H,33,35)/t22-,25?,26?,27?/m1/s1. The van der Waals surface area contributed by atoms with E-state index in [1.54, 1.807) is 7.11 Å². The van der Waals surface area contributed by atoms with Gasteiger partial charge in [0, 0.05) is 67.1 Å². The van der Waals surface area contributed by atoms with Crippen molar-refractivity contribution < 1.29 is 9.53 Å². The molecule has 1 aromatic carbocycles. The van der Waals surface area contributed by atoms with Crippen LogP contribution in [0.3, 0.4) is 0 Å². The summed E-state index contributed by atoms with van der Waals surface area (Å²) in [4.78, 5) is 17.8. The van der Waals surface area contributed by atoms with E-state index in [0.29, 0.717) is 29.3 Å². The zero-order chi connectivity index (χ0) is 26.0. The molecule has 2 aliphatic rings. The van der Waals surface area contributed by atoms with Crippen molar-refractivity contribution in [1.82, 2.24) is 19.9 Å². The van der Waals surface area contributed by atoms with Gasteiger partial charge in [0.2, 0.25) is 11.8 Å². The molecule has 202 valence electrons. The number of nitrogens with one attached hydrogen (secondary N) is 2.